The van der Waals surface area contributed by atoms with Crippen LogP contribution in [0, 0.1) is 5.92 Å². The molecule has 0 saturated heterocycles. The Hall–Kier alpha value is -1.06. The number of carbonyl (C=O) groups excluding carboxylic acids is 1. The van der Waals surface area contributed by atoms with E-state index in [0.29, 0.717) is 6.42 Å². The van der Waals surface area contributed by atoms with Crippen LogP contribution in [0.1, 0.15) is 46.5 Å². The van der Waals surface area contributed by atoms with Gasteiger partial charge in [0.2, 0.25) is 5.91 Å². The Morgan fingerprint density at radius 1 is 1.12 bits per heavy atom. The molecule has 0 aromatic carbocycles. The minimum Gasteiger partial charge on any atom is -0.481 e. The van der Waals surface area contributed by atoms with Gasteiger partial charge < -0.3 is 10.0 Å². The van der Waals surface area contributed by atoms with E-state index in [9.17, 15) is 9.59 Å². The Morgan fingerprint density at radius 3 is 2.00 bits per heavy atom. The molecule has 0 saturated carbocycles. The maximum absolute atomic E-state index is 11.8. The summed E-state index contributed by atoms with van der Waals surface area (Å²) in [6, 6.07) is 0. The molecule has 0 aliphatic heterocycles. The first kappa shape index (κ1) is 14.9. The Balaban J connectivity index is 4.12. The highest BCUT2D eigenvalue weighted by Crippen LogP contribution is 2.10. The van der Waals surface area contributed by atoms with Gasteiger partial charge >= 0.3 is 5.97 Å². The fourth-order valence-electron chi connectivity index (χ4n) is 1.70. The third-order valence-corrected chi connectivity index (χ3v) is 2.39. The summed E-state index contributed by atoms with van der Waals surface area (Å²) in [7, 11) is 0. The number of hydrogen-bond donors (Lipinski definition) is 1. The molecular weight excluding hydrogens is 206 g/mol. The van der Waals surface area contributed by atoms with Crippen molar-refractivity contribution in [1.29, 1.82) is 0 Å². The number of carbonyl (C=O) groups is 2. The largest absolute Gasteiger partial charge is 0.481 e. The molecule has 0 aliphatic rings. The van der Waals surface area contributed by atoms with Gasteiger partial charge in [0.05, 0.1) is 0 Å². The van der Waals surface area contributed by atoms with Crippen LogP contribution < -0.4 is 0 Å². The summed E-state index contributed by atoms with van der Waals surface area (Å²) >= 11 is 0. The van der Waals surface area contributed by atoms with Gasteiger partial charge in [0, 0.05) is 25.9 Å². The highest BCUT2D eigenvalue weighted by molar-refractivity contribution is 5.77. The fraction of sp³-hybridized carbons (Fsp3) is 0.833. The smallest absolute Gasteiger partial charge is 0.303 e. The van der Waals surface area contributed by atoms with E-state index < -0.39 is 5.97 Å². The number of carboxylic acids is 1. The molecule has 0 bridgehead atoms. The molecule has 1 atom stereocenters. The summed E-state index contributed by atoms with van der Waals surface area (Å²) in [4.78, 5) is 24.2. The first-order valence-corrected chi connectivity index (χ1v) is 6.00. The second-order valence-electron chi connectivity index (χ2n) is 4.29. The second kappa shape index (κ2) is 8.13. The van der Waals surface area contributed by atoms with Crippen LogP contribution >= 0.6 is 0 Å². The van der Waals surface area contributed by atoms with Crippen molar-refractivity contribution in [3.63, 3.8) is 0 Å². The summed E-state index contributed by atoms with van der Waals surface area (Å²) < 4.78 is 0. The van der Waals surface area contributed by atoms with E-state index in [-0.39, 0.29) is 18.2 Å². The summed E-state index contributed by atoms with van der Waals surface area (Å²) in [6.45, 7) is 7.42. The van der Waals surface area contributed by atoms with E-state index in [1.54, 1.807) is 0 Å². The first-order valence-electron chi connectivity index (χ1n) is 6.00. The van der Waals surface area contributed by atoms with Crippen molar-refractivity contribution in [2.24, 2.45) is 5.92 Å². The molecule has 16 heavy (non-hydrogen) atoms. The van der Waals surface area contributed by atoms with Gasteiger partial charge in [-0.1, -0.05) is 20.8 Å². The zero-order chi connectivity index (χ0) is 12.6. The monoisotopic (exact) mass is 229 g/mol. The van der Waals surface area contributed by atoms with Crippen molar-refractivity contribution in [2.75, 3.05) is 13.1 Å². The van der Waals surface area contributed by atoms with Crippen LogP contribution in [0.2, 0.25) is 0 Å². The third kappa shape index (κ3) is 6.43. The van der Waals surface area contributed by atoms with Crippen LogP contribution in [0.25, 0.3) is 0 Å². The summed E-state index contributed by atoms with van der Waals surface area (Å²) in [5, 5.41) is 8.62. The van der Waals surface area contributed by atoms with E-state index in [4.69, 9.17) is 5.11 Å². The number of nitrogens with zero attached hydrogens (tertiary/aromatic N) is 1. The van der Waals surface area contributed by atoms with Crippen molar-refractivity contribution in [2.45, 2.75) is 46.5 Å². The van der Waals surface area contributed by atoms with Gasteiger partial charge in [0.1, 0.15) is 0 Å². The lowest BCUT2D eigenvalue weighted by Gasteiger charge is -2.22. The normalized spacial score (nSPS) is 12.2. The Labute approximate surface area is 97.6 Å². The van der Waals surface area contributed by atoms with Crippen molar-refractivity contribution < 1.29 is 14.7 Å². The Kier molecular flexibility index (Phi) is 7.60. The maximum Gasteiger partial charge on any atom is 0.303 e. The molecule has 1 unspecified atom stereocenters. The van der Waals surface area contributed by atoms with E-state index in [1.165, 1.54) is 0 Å². The predicted molar refractivity (Wildman–Crippen MR) is 63.2 cm³/mol. The lowest BCUT2D eigenvalue weighted by molar-refractivity contribution is -0.138. The standard InChI is InChI=1S/C12H23NO3/c1-4-6-13(7-5-2)11(14)8-10(3)9-12(15)16/h10H,4-9H2,1-3H3,(H,15,16). The van der Waals surface area contributed by atoms with Gasteiger partial charge in [-0.15, -0.1) is 0 Å². The summed E-state index contributed by atoms with van der Waals surface area (Å²) in [6.07, 6.45) is 2.29. The molecule has 0 radical (unpaired) electrons. The lowest BCUT2D eigenvalue weighted by Crippen LogP contribution is -2.33. The SMILES string of the molecule is CCCN(CCC)C(=O)CC(C)CC(=O)O. The summed E-state index contributed by atoms with van der Waals surface area (Å²) in [5.41, 5.74) is 0. The van der Waals surface area contributed by atoms with Crippen molar-refractivity contribution in [1.82, 2.24) is 4.90 Å². The molecule has 0 heterocycles. The third-order valence-electron chi connectivity index (χ3n) is 2.39. The van der Waals surface area contributed by atoms with Gasteiger partial charge in [0.15, 0.2) is 0 Å². The number of amides is 1. The molecule has 94 valence electrons. The van der Waals surface area contributed by atoms with Crippen molar-refractivity contribution >= 4 is 11.9 Å². The quantitative estimate of drug-likeness (QED) is 0.693. The number of carboxylic acid groups (broad SMARTS) is 1. The zero-order valence-electron chi connectivity index (χ0n) is 10.5. The van der Waals surface area contributed by atoms with Crippen LogP contribution in [0.3, 0.4) is 0 Å². The van der Waals surface area contributed by atoms with E-state index >= 15 is 0 Å². The van der Waals surface area contributed by atoms with Crippen LogP contribution in [0.4, 0.5) is 0 Å². The van der Waals surface area contributed by atoms with Crippen LogP contribution in [-0.2, 0) is 9.59 Å². The highest BCUT2D eigenvalue weighted by atomic mass is 16.4. The molecule has 0 aromatic rings. The van der Waals surface area contributed by atoms with Crippen LogP contribution in [-0.4, -0.2) is 35.0 Å². The van der Waals surface area contributed by atoms with E-state index in [1.807, 2.05) is 25.7 Å². The molecule has 4 heteroatoms. The Morgan fingerprint density at radius 2 is 1.62 bits per heavy atom. The van der Waals surface area contributed by atoms with Gasteiger partial charge in [-0.3, -0.25) is 9.59 Å². The van der Waals surface area contributed by atoms with Gasteiger partial charge in [-0.25, -0.2) is 0 Å². The molecular formula is C12H23NO3. The fourth-order valence-corrected chi connectivity index (χ4v) is 1.70. The van der Waals surface area contributed by atoms with Gasteiger partial charge in [0.25, 0.3) is 0 Å². The number of rotatable bonds is 8. The molecule has 0 aliphatic carbocycles. The highest BCUT2D eigenvalue weighted by Gasteiger charge is 2.17. The summed E-state index contributed by atoms with van der Waals surface area (Å²) in [5.74, 6) is -0.837. The van der Waals surface area contributed by atoms with Crippen molar-refractivity contribution in [3.05, 3.63) is 0 Å². The van der Waals surface area contributed by atoms with Crippen molar-refractivity contribution in [3.8, 4) is 0 Å². The second-order valence-corrected chi connectivity index (χ2v) is 4.29. The average molecular weight is 229 g/mol. The molecule has 0 spiro atoms. The maximum atomic E-state index is 11.8. The Bertz CT molecular complexity index is 222. The predicted octanol–water partition coefficient (Wildman–Crippen LogP) is 2.14. The van der Waals surface area contributed by atoms with Crippen LogP contribution in [0.15, 0.2) is 0 Å². The van der Waals surface area contributed by atoms with Gasteiger partial charge in [-0.05, 0) is 18.8 Å². The van der Waals surface area contributed by atoms with E-state index in [0.717, 1.165) is 25.9 Å². The molecule has 0 aromatic heterocycles. The molecule has 1 N–H and O–H groups in total. The number of hydrogen-bond acceptors (Lipinski definition) is 2. The average Bonchev–Trinajstić information content (AvgIpc) is 2.15. The topological polar surface area (TPSA) is 57.6 Å². The molecule has 4 nitrogen and oxygen atoms in total. The van der Waals surface area contributed by atoms with Crippen LogP contribution in [0.5, 0.6) is 0 Å². The minimum absolute atomic E-state index is 0.0673. The van der Waals surface area contributed by atoms with E-state index in [2.05, 4.69) is 0 Å². The lowest BCUT2D eigenvalue weighted by atomic mass is 10.0. The first-order chi connectivity index (χ1) is 7.51. The molecule has 0 rings (SSSR count). The molecule has 0 fully saturated rings. The zero-order valence-corrected chi connectivity index (χ0v) is 10.5. The van der Waals surface area contributed by atoms with Gasteiger partial charge in [-0.2, -0.15) is 0 Å². The molecule has 1 amide bonds. The minimum atomic E-state index is -0.835. The number of aliphatic carboxylic acids is 1.